The Kier molecular flexibility index (Phi) is 3.68. The summed E-state index contributed by atoms with van der Waals surface area (Å²) in [5.41, 5.74) is 0.289. The average Bonchev–Trinajstić information content (AvgIpc) is 2.43. The summed E-state index contributed by atoms with van der Waals surface area (Å²) in [6.07, 6.45) is 10.5. The molecule has 3 fully saturated rings. The Balaban J connectivity index is 1.82. The maximum Gasteiger partial charge on any atom is 0.333 e. The van der Waals surface area contributed by atoms with Gasteiger partial charge in [-0.2, -0.15) is 0 Å². The lowest BCUT2D eigenvalue weighted by atomic mass is 9.52. The van der Waals surface area contributed by atoms with Crippen molar-refractivity contribution in [1.82, 2.24) is 0 Å². The minimum atomic E-state index is -0.243. The Labute approximate surface area is 123 Å². The van der Waals surface area contributed by atoms with Gasteiger partial charge < -0.3 is 4.74 Å². The van der Waals surface area contributed by atoms with Gasteiger partial charge in [0.2, 0.25) is 0 Å². The Morgan fingerprint density at radius 2 is 1.70 bits per heavy atom. The number of carbonyl (C=O) groups is 1. The van der Waals surface area contributed by atoms with Gasteiger partial charge in [0, 0.05) is 11.5 Å². The van der Waals surface area contributed by atoms with Crippen molar-refractivity contribution in [3.8, 4) is 0 Å². The molecule has 5 atom stereocenters. The third kappa shape index (κ3) is 2.31. The van der Waals surface area contributed by atoms with E-state index in [0.29, 0.717) is 11.5 Å². The van der Waals surface area contributed by atoms with E-state index in [1.54, 1.807) is 6.92 Å². The van der Waals surface area contributed by atoms with Gasteiger partial charge in [-0.05, 0) is 50.9 Å². The number of hydrogen-bond donors (Lipinski definition) is 0. The fraction of sp³-hybridized carbons (Fsp3) is 0.833. The first-order valence-corrected chi connectivity index (χ1v) is 8.40. The second-order valence-electron chi connectivity index (χ2n) is 7.59. The van der Waals surface area contributed by atoms with Gasteiger partial charge in [0.15, 0.2) is 0 Å². The zero-order valence-electron chi connectivity index (χ0n) is 13.0. The van der Waals surface area contributed by atoms with Gasteiger partial charge in [0.05, 0.1) is 0 Å². The molecule has 3 rings (SSSR count). The van der Waals surface area contributed by atoms with Gasteiger partial charge in [-0.3, -0.25) is 0 Å². The molecule has 0 radical (unpaired) electrons. The molecule has 0 aliphatic heterocycles. The van der Waals surface area contributed by atoms with Crippen LogP contribution in [0.2, 0.25) is 0 Å². The van der Waals surface area contributed by atoms with Gasteiger partial charge >= 0.3 is 5.97 Å². The lowest BCUT2D eigenvalue weighted by Gasteiger charge is -2.56. The fourth-order valence-electron chi connectivity index (χ4n) is 5.33. The summed E-state index contributed by atoms with van der Waals surface area (Å²) in [7, 11) is 0. The third-order valence-corrected chi connectivity index (χ3v) is 6.26. The van der Waals surface area contributed by atoms with E-state index < -0.39 is 0 Å². The van der Waals surface area contributed by atoms with E-state index in [9.17, 15) is 4.79 Å². The molecule has 0 spiro atoms. The molecule has 0 aromatic carbocycles. The molecule has 5 unspecified atom stereocenters. The summed E-state index contributed by atoms with van der Waals surface area (Å²) in [5.74, 6) is 3.01. The van der Waals surface area contributed by atoms with Gasteiger partial charge in [0.1, 0.15) is 5.60 Å². The molecular weight excluding hydrogens is 248 g/mol. The van der Waals surface area contributed by atoms with Crippen LogP contribution < -0.4 is 0 Å². The molecule has 0 bridgehead atoms. The van der Waals surface area contributed by atoms with Crippen molar-refractivity contribution in [3.63, 3.8) is 0 Å². The van der Waals surface area contributed by atoms with E-state index in [0.717, 1.165) is 24.2 Å². The molecular formula is C18H28O2. The van der Waals surface area contributed by atoms with Gasteiger partial charge in [-0.15, -0.1) is 0 Å². The van der Waals surface area contributed by atoms with Crippen molar-refractivity contribution in [1.29, 1.82) is 0 Å². The molecule has 2 nitrogen and oxygen atoms in total. The normalized spacial score (nSPS) is 43.5. The molecule has 20 heavy (non-hydrogen) atoms. The van der Waals surface area contributed by atoms with Crippen LogP contribution >= 0.6 is 0 Å². The lowest BCUT2D eigenvalue weighted by molar-refractivity contribution is -0.180. The third-order valence-electron chi connectivity index (χ3n) is 6.26. The molecule has 0 aromatic heterocycles. The topological polar surface area (TPSA) is 26.3 Å². The van der Waals surface area contributed by atoms with Crippen LogP contribution in [0.25, 0.3) is 0 Å². The second-order valence-corrected chi connectivity index (χ2v) is 7.59. The van der Waals surface area contributed by atoms with Crippen LogP contribution in [0.5, 0.6) is 0 Å². The number of carbonyl (C=O) groups excluding carboxylic acids is 1. The number of ether oxygens (including phenoxy) is 1. The summed E-state index contributed by atoms with van der Waals surface area (Å²) in [6.45, 7) is 7.68. The minimum Gasteiger partial charge on any atom is -0.456 e. The highest BCUT2D eigenvalue weighted by Crippen LogP contribution is 2.56. The zero-order valence-corrected chi connectivity index (χ0v) is 13.0. The standard InChI is InChI=1S/C18H28O2/c1-12(2)17(19)20-18(3)11-10-14-7-4-6-13-8-5-9-15(18)16(13)14/h13-16H,1,4-11H2,2-3H3. The van der Waals surface area contributed by atoms with E-state index in [2.05, 4.69) is 13.5 Å². The van der Waals surface area contributed by atoms with E-state index in [-0.39, 0.29) is 11.6 Å². The van der Waals surface area contributed by atoms with Gasteiger partial charge in [-0.1, -0.05) is 38.7 Å². The molecule has 3 aliphatic rings. The van der Waals surface area contributed by atoms with E-state index in [4.69, 9.17) is 4.74 Å². The van der Waals surface area contributed by atoms with Crippen molar-refractivity contribution in [3.05, 3.63) is 12.2 Å². The molecule has 3 aliphatic carbocycles. The van der Waals surface area contributed by atoms with E-state index in [1.165, 1.54) is 44.9 Å². The highest BCUT2D eigenvalue weighted by atomic mass is 16.6. The second kappa shape index (κ2) is 5.20. The predicted octanol–water partition coefficient (Wildman–Crippen LogP) is 4.49. The Morgan fingerprint density at radius 3 is 2.35 bits per heavy atom. The number of rotatable bonds is 2. The van der Waals surface area contributed by atoms with Crippen LogP contribution in [-0.4, -0.2) is 11.6 Å². The lowest BCUT2D eigenvalue weighted by Crippen LogP contribution is -2.54. The highest BCUT2D eigenvalue weighted by molar-refractivity contribution is 5.87. The monoisotopic (exact) mass is 276 g/mol. The minimum absolute atomic E-state index is 0.191. The van der Waals surface area contributed by atoms with E-state index >= 15 is 0 Å². The molecule has 0 amide bonds. The zero-order chi connectivity index (χ0) is 14.3. The van der Waals surface area contributed by atoms with Crippen molar-refractivity contribution < 1.29 is 9.53 Å². The summed E-state index contributed by atoms with van der Waals surface area (Å²) in [5, 5.41) is 0. The van der Waals surface area contributed by atoms with Crippen molar-refractivity contribution in [2.75, 3.05) is 0 Å². The maximum absolute atomic E-state index is 12.0. The largest absolute Gasteiger partial charge is 0.456 e. The van der Waals surface area contributed by atoms with Crippen molar-refractivity contribution in [2.24, 2.45) is 23.7 Å². The first kappa shape index (κ1) is 14.2. The summed E-state index contributed by atoms with van der Waals surface area (Å²) in [6, 6.07) is 0. The molecule has 0 heterocycles. The quantitative estimate of drug-likeness (QED) is 0.548. The molecule has 0 saturated heterocycles. The molecule has 112 valence electrons. The van der Waals surface area contributed by atoms with Crippen LogP contribution in [0, 0.1) is 23.7 Å². The fourth-order valence-corrected chi connectivity index (χ4v) is 5.33. The SMILES string of the molecule is C=C(C)C(=O)OC1(C)CCC2CCCC3CCCC1C32. The van der Waals surface area contributed by atoms with Crippen LogP contribution in [0.3, 0.4) is 0 Å². The smallest absolute Gasteiger partial charge is 0.333 e. The first-order valence-electron chi connectivity index (χ1n) is 8.40. The number of hydrogen-bond acceptors (Lipinski definition) is 2. The molecule has 2 heteroatoms. The Hall–Kier alpha value is -0.790. The van der Waals surface area contributed by atoms with E-state index in [1.807, 2.05) is 0 Å². The predicted molar refractivity (Wildman–Crippen MR) is 80.2 cm³/mol. The Morgan fingerprint density at radius 1 is 1.10 bits per heavy atom. The molecule has 0 aromatic rings. The Bertz CT molecular complexity index is 405. The maximum atomic E-state index is 12.0. The van der Waals surface area contributed by atoms with Crippen molar-refractivity contribution >= 4 is 5.97 Å². The van der Waals surface area contributed by atoms with Crippen LogP contribution in [0.15, 0.2) is 12.2 Å². The van der Waals surface area contributed by atoms with Crippen LogP contribution in [0.1, 0.15) is 65.2 Å². The van der Waals surface area contributed by atoms with Crippen LogP contribution in [0.4, 0.5) is 0 Å². The molecule has 0 N–H and O–H groups in total. The van der Waals surface area contributed by atoms with Gasteiger partial charge in [0.25, 0.3) is 0 Å². The van der Waals surface area contributed by atoms with Crippen LogP contribution in [-0.2, 0) is 9.53 Å². The highest BCUT2D eigenvalue weighted by Gasteiger charge is 2.53. The number of esters is 1. The molecule has 3 saturated carbocycles. The first-order chi connectivity index (χ1) is 9.51. The summed E-state index contributed by atoms with van der Waals surface area (Å²) < 4.78 is 5.94. The van der Waals surface area contributed by atoms with Gasteiger partial charge in [-0.25, -0.2) is 4.79 Å². The van der Waals surface area contributed by atoms with Crippen molar-refractivity contribution in [2.45, 2.75) is 70.8 Å². The average molecular weight is 276 g/mol. The summed E-state index contributed by atoms with van der Waals surface area (Å²) in [4.78, 5) is 12.0. The summed E-state index contributed by atoms with van der Waals surface area (Å²) >= 11 is 0.